The SMILES string of the molecule is CC/C(C)=C(\C)CC1COCCN1. The molecule has 0 amide bonds. The molecule has 1 aliphatic heterocycles. The maximum Gasteiger partial charge on any atom is 0.0623 e. The minimum absolute atomic E-state index is 0.537. The minimum Gasteiger partial charge on any atom is -0.379 e. The van der Waals surface area contributed by atoms with Gasteiger partial charge in [0.1, 0.15) is 0 Å². The van der Waals surface area contributed by atoms with E-state index in [4.69, 9.17) is 4.74 Å². The van der Waals surface area contributed by atoms with Crippen LogP contribution in [0.25, 0.3) is 0 Å². The molecule has 1 N–H and O–H groups in total. The highest BCUT2D eigenvalue weighted by molar-refractivity contribution is 5.10. The van der Waals surface area contributed by atoms with Crippen LogP contribution in [0, 0.1) is 0 Å². The van der Waals surface area contributed by atoms with Crippen LogP contribution < -0.4 is 5.32 Å². The molecule has 0 bridgehead atoms. The average Bonchev–Trinajstić information content (AvgIpc) is 2.18. The van der Waals surface area contributed by atoms with Gasteiger partial charge >= 0.3 is 0 Å². The molecule has 0 aliphatic carbocycles. The molecule has 0 aromatic rings. The highest BCUT2D eigenvalue weighted by Crippen LogP contribution is 2.14. The van der Waals surface area contributed by atoms with Gasteiger partial charge in [0.2, 0.25) is 0 Å². The van der Waals surface area contributed by atoms with Crippen molar-refractivity contribution in [3.63, 3.8) is 0 Å². The van der Waals surface area contributed by atoms with Crippen molar-refractivity contribution >= 4 is 0 Å². The zero-order valence-electron chi connectivity index (χ0n) is 9.02. The summed E-state index contributed by atoms with van der Waals surface area (Å²) in [6, 6.07) is 0.537. The monoisotopic (exact) mass is 183 g/mol. The highest BCUT2D eigenvalue weighted by atomic mass is 16.5. The van der Waals surface area contributed by atoms with Crippen LogP contribution in [-0.2, 0) is 4.74 Å². The maximum atomic E-state index is 5.41. The van der Waals surface area contributed by atoms with E-state index in [1.165, 1.54) is 17.6 Å². The van der Waals surface area contributed by atoms with Gasteiger partial charge in [0.05, 0.1) is 13.2 Å². The molecule has 1 unspecified atom stereocenters. The second-order valence-corrected chi connectivity index (χ2v) is 3.84. The van der Waals surface area contributed by atoms with Gasteiger partial charge in [-0.3, -0.25) is 0 Å². The van der Waals surface area contributed by atoms with Crippen LogP contribution in [0.1, 0.15) is 33.6 Å². The van der Waals surface area contributed by atoms with E-state index in [1.807, 2.05) is 0 Å². The van der Waals surface area contributed by atoms with Gasteiger partial charge in [-0.25, -0.2) is 0 Å². The lowest BCUT2D eigenvalue weighted by Crippen LogP contribution is -2.41. The lowest BCUT2D eigenvalue weighted by Gasteiger charge is -2.24. The number of morpholine rings is 1. The molecule has 76 valence electrons. The Balaban J connectivity index is 2.38. The first-order valence-electron chi connectivity index (χ1n) is 5.20. The van der Waals surface area contributed by atoms with Gasteiger partial charge < -0.3 is 10.1 Å². The van der Waals surface area contributed by atoms with Crippen molar-refractivity contribution in [3.8, 4) is 0 Å². The number of ether oxygens (including phenoxy) is 1. The largest absolute Gasteiger partial charge is 0.379 e. The molecule has 1 aliphatic rings. The predicted octanol–water partition coefficient (Wildman–Crippen LogP) is 2.11. The van der Waals surface area contributed by atoms with Gasteiger partial charge in [-0.1, -0.05) is 18.1 Å². The predicted molar refractivity (Wildman–Crippen MR) is 55.9 cm³/mol. The van der Waals surface area contributed by atoms with Crippen LogP contribution in [-0.4, -0.2) is 25.8 Å². The standard InChI is InChI=1S/C11H21NO/c1-4-9(2)10(3)7-11-8-13-6-5-12-11/h11-12H,4-8H2,1-3H3/b10-9+. The fraction of sp³-hybridized carbons (Fsp3) is 0.818. The van der Waals surface area contributed by atoms with Gasteiger partial charge in [-0.05, 0) is 26.7 Å². The zero-order chi connectivity index (χ0) is 9.68. The third-order valence-corrected chi connectivity index (χ3v) is 2.81. The lowest BCUT2D eigenvalue weighted by molar-refractivity contribution is 0.0769. The Bertz CT molecular complexity index is 181. The third-order valence-electron chi connectivity index (χ3n) is 2.81. The van der Waals surface area contributed by atoms with E-state index in [0.717, 1.165) is 26.2 Å². The van der Waals surface area contributed by atoms with Crippen LogP contribution in [0.15, 0.2) is 11.1 Å². The van der Waals surface area contributed by atoms with Crippen molar-refractivity contribution in [2.45, 2.75) is 39.7 Å². The van der Waals surface area contributed by atoms with Crippen LogP contribution in [0.5, 0.6) is 0 Å². The van der Waals surface area contributed by atoms with E-state index in [1.54, 1.807) is 0 Å². The van der Waals surface area contributed by atoms with Crippen molar-refractivity contribution in [2.75, 3.05) is 19.8 Å². The van der Waals surface area contributed by atoms with E-state index in [0.29, 0.717) is 6.04 Å². The van der Waals surface area contributed by atoms with E-state index < -0.39 is 0 Å². The van der Waals surface area contributed by atoms with Crippen LogP contribution in [0.4, 0.5) is 0 Å². The van der Waals surface area contributed by atoms with E-state index in [-0.39, 0.29) is 0 Å². The first-order chi connectivity index (χ1) is 6.24. The van der Waals surface area contributed by atoms with Gasteiger partial charge in [0.25, 0.3) is 0 Å². The van der Waals surface area contributed by atoms with Crippen LogP contribution in [0.2, 0.25) is 0 Å². The average molecular weight is 183 g/mol. The summed E-state index contributed by atoms with van der Waals surface area (Å²) >= 11 is 0. The van der Waals surface area contributed by atoms with Crippen molar-refractivity contribution in [1.29, 1.82) is 0 Å². The van der Waals surface area contributed by atoms with Gasteiger partial charge in [-0.2, -0.15) is 0 Å². The first kappa shape index (κ1) is 10.7. The van der Waals surface area contributed by atoms with E-state index >= 15 is 0 Å². The van der Waals surface area contributed by atoms with E-state index in [2.05, 4.69) is 26.1 Å². The Labute approximate surface area is 81.4 Å². The van der Waals surface area contributed by atoms with Crippen molar-refractivity contribution < 1.29 is 4.74 Å². The molecule has 0 spiro atoms. The smallest absolute Gasteiger partial charge is 0.0623 e. The molecule has 1 atom stereocenters. The molecular weight excluding hydrogens is 162 g/mol. The molecule has 0 aromatic carbocycles. The summed E-state index contributed by atoms with van der Waals surface area (Å²) < 4.78 is 5.41. The molecule has 0 radical (unpaired) electrons. The van der Waals surface area contributed by atoms with Crippen molar-refractivity contribution in [3.05, 3.63) is 11.1 Å². The fourth-order valence-electron chi connectivity index (χ4n) is 1.60. The summed E-state index contributed by atoms with van der Waals surface area (Å²) in [5, 5.41) is 3.47. The van der Waals surface area contributed by atoms with Gasteiger partial charge in [0.15, 0.2) is 0 Å². The highest BCUT2D eigenvalue weighted by Gasteiger charge is 2.13. The second-order valence-electron chi connectivity index (χ2n) is 3.84. The molecule has 1 heterocycles. The second kappa shape index (κ2) is 5.40. The Morgan fingerprint density at radius 1 is 1.38 bits per heavy atom. The maximum absolute atomic E-state index is 5.41. The molecule has 1 saturated heterocycles. The van der Waals surface area contributed by atoms with Gasteiger partial charge in [-0.15, -0.1) is 0 Å². The molecular formula is C11H21NO. The number of nitrogens with one attached hydrogen (secondary N) is 1. The Morgan fingerprint density at radius 2 is 2.15 bits per heavy atom. The summed E-state index contributed by atoms with van der Waals surface area (Å²) in [6.07, 6.45) is 2.30. The quantitative estimate of drug-likeness (QED) is 0.677. The molecule has 0 saturated carbocycles. The number of rotatable bonds is 3. The number of allylic oxidation sites excluding steroid dienone is 1. The molecule has 2 heteroatoms. The van der Waals surface area contributed by atoms with Crippen molar-refractivity contribution in [2.24, 2.45) is 0 Å². The molecule has 13 heavy (non-hydrogen) atoms. The topological polar surface area (TPSA) is 21.3 Å². The Hall–Kier alpha value is -0.340. The molecule has 2 nitrogen and oxygen atoms in total. The van der Waals surface area contributed by atoms with Crippen molar-refractivity contribution in [1.82, 2.24) is 5.32 Å². The lowest BCUT2D eigenvalue weighted by atomic mass is 10.0. The molecule has 0 aromatic heterocycles. The summed E-state index contributed by atoms with van der Waals surface area (Å²) in [5.41, 5.74) is 3.04. The van der Waals surface area contributed by atoms with Crippen LogP contribution >= 0.6 is 0 Å². The van der Waals surface area contributed by atoms with Gasteiger partial charge in [0, 0.05) is 12.6 Å². The Morgan fingerprint density at radius 3 is 2.69 bits per heavy atom. The summed E-state index contributed by atoms with van der Waals surface area (Å²) in [4.78, 5) is 0. The molecule has 1 rings (SSSR count). The first-order valence-corrected chi connectivity index (χ1v) is 5.20. The fourth-order valence-corrected chi connectivity index (χ4v) is 1.60. The normalized spacial score (nSPS) is 25.6. The summed E-state index contributed by atoms with van der Waals surface area (Å²) in [5.74, 6) is 0. The number of hydrogen-bond donors (Lipinski definition) is 1. The molecule has 1 fully saturated rings. The zero-order valence-corrected chi connectivity index (χ0v) is 9.02. The number of hydrogen-bond acceptors (Lipinski definition) is 2. The van der Waals surface area contributed by atoms with E-state index in [9.17, 15) is 0 Å². The minimum atomic E-state index is 0.537. The summed E-state index contributed by atoms with van der Waals surface area (Å²) in [7, 11) is 0. The third kappa shape index (κ3) is 3.49. The van der Waals surface area contributed by atoms with Crippen LogP contribution in [0.3, 0.4) is 0 Å². The Kier molecular flexibility index (Phi) is 4.46. The summed E-state index contributed by atoms with van der Waals surface area (Å²) in [6.45, 7) is 9.40.